The molecule has 33 heavy (non-hydrogen) atoms. The van der Waals surface area contributed by atoms with Crippen molar-refractivity contribution in [1.29, 1.82) is 0 Å². The van der Waals surface area contributed by atoms with E-state index in [2.05, 4.69) is 39.8 Å². The Balaban J connectivity index is 1.91. The van der Waals surface area contributed by atoms with Crippen LogP contribution in [0.3, 0.4) is 0 Å². The zero-order valence-corrected chi connectivity index (χ0v) is 20.5. The number of benzene rings is 2. The number of methoxy groups -OCH3 is 1. The second-order valence-electron chi connectivity index (χ2n) is 7.45. The first kappa shape index (κ1) is 24.5. The highest BCUT2D eigenvalue weighted by atomic mass is 79.9. The van der Waals surface area contributed by atoms with Crippen LogP contribution in [0.1, 0.15) is 49.6 Å². The van der Waals surface area contributed by atoms with Gasteiger partial charge in [0.05, 0.1) is 35.2 Å². The fourth-order valence-electron chi connectivity index (χ4n) is 3.71. The van der Waals surface area contributed by atoms with Gasteiger partial charge in [0.25, 0.3) is 5.91 Å². The first-order chi connectivity index (χ1) is 15.9. The van der Waals surface area contributed by atoms with Crippen molar-refractivity contribution in [2.45, 2.75) is 32.7 Å². The van der Waals surface area contributed by atoms with Gasteiger partial charge in [-0.1, -0.05) is 32.1 Å². The number of hydrogen-bond acceptors (Lipinski definition) is 3. The highest BCUT2D eigenvalue weighted by Crippen LogP contribution is 2.31. The number of halogens is 2. The second kappa shape index (κ2) is 11.1. The Bertz CT molecular complexity index is 1170. The molecule has 0 bridgehead atoms. The van der Waals surface area contributed by atoms with Gasteiger partial charge in [0.1, 0.15) is 11.6 Å². The van der Waals surface area contributed by atoms with Gasteiger partial charge in [-0.15, -0.1) is 0 Å². The third-order valence-corrected chi connectivity index (χ3v) is 5.98. The van der Waals surface area contributed by atoms with Gasteiger partial charge in [-0.3, -0.25) is 4.79 Å². The summed E-state index contributed by atoms with van der Waals surface area (Å²) in [4.78, 5) is 13.4. The highest BCUT2D eigenvalue weighted by molar-refractivity contribution is 9.10. The van der Waals surface area contributed by atoms with Gasteiger partial charge in [-0.2, -0.15) is 5.10 Å². The maximum absolute atomic E-state index is 13.4. The number of allylic oxidation sites excluding steroid dienone is 1. The van der Waals surface area contributed by atoms with Gasteiger partial charge < -0.3 is 10.1 Å². The van der Waals surface area contributed by atoms with E-state index in [0.29, 0.717) is 22.5 Å². The lowest BCUT2D eigenvalue weighted by Crippen LogP contribution is -2.29. The molecule has 7 heteroatoms. The number of rotatable bonds is 9. The van der Waals surface area contributed by atoms with Gasteiger partial charge >= 0.3 is 0 Å². The van der Waals surface area contributed by atoms with Gasteiger partial charge in [-0.25, -0.2) is 9.07 Å². The minimum absolute atomic E-state index is 0.168. The van der Waals surface area contributed by atoms with Crippen LogP contribution >= 0.6 is 15.9 Å². The predicted molar refractivity (Wildman–Crippen MR) is 134 cm³/mol. The summed E-state index contributed by atoms with van der Waals surface area (Å²) in [5.41, 5.74) is 3.47. The van der Waals surface area contributed by atoms with Gasteiger partial charge in [0.2, 0.25) is 0 Å². The number of aromatic nitrogens is 2. The van der Waals surface area contributed by atoms with Crippen LogP contribution in [0.25, 0.3) is 17.3 Å². The van der Waals surface area contributed by atoms with Crippen LogP contribution in [0.15, 0.2) is 65.8 Å². The van der Waals surface area contributed by atoms with Crippen LogP contribution in [-0.4, -0.2) is 22.8 Å². The first-order valence-electron chi connectivity index (χ1n) is 10.7. The summed E-state index contributed by atoms with van der Waals surface area (Å²) in [6, 6.07) is 11.6. The van der Waals surface area contributed by atoms with Crippen LogP contribution in [-0.2, 0) is 4.79 Å². The molecule has 3 aromatic rings. The Labute approximate surface area is 202 Å². The van der Waals surface area contributed by atoms with E-state index in [1.807, 2.05) is 25.1 Å². The van der Waals surface area contributed by atoms with Gasteiger partial charge in [0.15, 0.2) is 0 Å². The van der Waals surface area contributed by atoms with Crippen molar-refractivity contribution in [3.8, 4) is 11.4 Å². The SMILES string of the molecule is C=Cc1c(/C(=C\C)C(=O)N[C@H](CCC)c2ccc(OC)c(Br)c2)cnn1-c1ccc(F)cc1. The molecule has 1 aromatic heterocycles. The molecular formula is C26H27BrFN3O2. The molecule has 1 amide bonds. The van der Waals surface area contributed by atoms with Crippen molar-refractivity contribution in [3.63, 3.8) is 0 Å². The Morgan fingerprint density at radius 2 is 2.03 bits per heavy atom. The van der Waals surface area contributed by atoms with E-state index in [9.17, 15) is 9.18 Å². The van der Waals surface area contributed by atoms with Crippen LogP contribution in [0.2, 0.25) is 0 Å². The summed E-state index contributed by atoms with van der Waals surface area (Å²) in [6.45, 7) is 7.79. The third kappa shape index (κ3) is 5.42. The van der Waals surface area contributed by atoms with E-state index in [0.717, 1.165) is 28.6 Å². The molecule has 0 aliphatic rings. The normalized spacial score (nSPS) is 12.3. The van der Waals surface area contributed by atoms with Crippen LogP contribution in [0.4, 0.5) is 4.39 Å². The Morgan fingerprint density at radius 1 is 1.30 bits per heavy atom. The third-order valence-electron chi connectivity index (χ3n) is 5.36. The van der Waals surface area contributed by atoms with E-state index in [4.69, 9.17) is 4.74 Å². The summed E-state index contributed by atoms with van der Waals surface area (Å²) in [7, 11) is 1.62. The smallest absolute Gasteiger partial charge is 0.252 e. The number of nitrogens with one attached hydrogen (secondary N) is 1. The lowest BCUT2D eigenvalue weighted by Gasteiger charge is -2.20. The van der Waals surface area contributed by atoms with Crippen molar-refractivity contribution < 1.29 is 13.9 Å². The van der Waals surface area contributed by atoms with E-state index in [-0.39, 0.29) is 17.8 Å². The molecule has 3 rings (SSSR count). The van der Waals surface area contributed by atoms with Crippen LogP contribution in [0, 0.1) is 5.82 Å². The molecule has 0 radical (unpaired) electrons. The number of ether oxygens (including phenoxy) is 1. The lowest BCUT2D eigenvalue weighted by molar-refractivity contribution is -0.116. The Morgan fingerprint density at radius 3 is 2.61 bits per heavy atom. The molecule has 172 valence electrons. The molecule has 2 aromatic carbocycles. The predicted octanol–water partition coefficient (Wildman–Crippen LogP) is 6.49. The monoisotopic (exact) mass is 511 g/mol. The fourth-order valence-corrected chi connectivity index (χ4v) is 4.26. The minimum atomic E-state index is -0.327. The topological polar surface area (TPSA) is 56.1 Å². The van der Waals surface area contributed by atoms with E-state index in [1.165, 1.54) is 12.1 Å². The Kier molecular flexibility index (Phi) is 8.22. The Hall–Kier alpha value is -3.19. The van der Waals surface area contributed by atoms with Gasteiger partial charge in [0, 0.05) is 11.1 Å². The quantitative estimate of drug-likeness (QED) is 0.334. The molecule has 0 aliphatic heterocycles. The molecular weight excluding hydrogens is 485 g/mol. The number of nitrogens with zero attached hydrogens (tertiary/aromatic N) is 2. The number of carbonyl (C=O) groups excluding carboxylic acids is 1. The minimum Gasteiger partial charge on any atom is -0.496 e. The van der Waals surface area contributed by atoms with E-state index < -0.39 is 0 Å². The van der Waals surface area contributed by atoms with Gasteiger partial charge in [-0.05, 0) is 77.3 Å². The van der Waals surface area contributed by atoms with Crippen LogP contribution in [0.5, 0.6) is 5.75 Å². The average Bonchev–Trinajstić information content (AvgIpc) is 3.23. The maximum atomic E-state index is 13.4. The molecule has 0 aliphatic carbocycles. The van der Waals surface area contributed by atoms with Crippen molar-refractivity contribution in [2.75, 3.05) is 7.11 Å². The molecule has 0 unspecified atom stereocenters. The summed E-state index contributed by atoms with van der Waals surface area (Å²) in [5, 5.41) is 7.59. The van der Waals surface area contributed by atoms with Crippen molar-refractivity contribution in [2.24, 2.45) is 0 Å². The summed E-state index contributed by atoms with van der Waals surface area (Å²) < 4.78 is 21.1. The average molecular weight is 512 g/mol. The number of carbonyl (C=O) groups is 1. The molecule has 1 N–H and O–H groups in total. The van der Waals surface area contributed by atoms with E-state index >= 15 is 0 Å². The summed E-state index contributed by atoms with van der Waals surface area (Å²) in [5.74, 6) is 0.204. The number of amides is 1. The molecule has 0 saturated heterocycles. The largest absolute Gasteiger partial charge is 0.496 e. The number of hydrogen-bond donors (Lipinski definition) is 1. The summed E-state index contributed by atoms with van der Waals surface area (Å²) in [6.07, 6.45) is 6.73. The standard InChI is InChI=1S/C26H27BrFN3O2/c1-5-8-23(17-9-14-25(33-4)22(27)15-17)30-26(32)20(6-2)21-16-29-31(24(21)7-3)19-12-10-18(28)11-13-19/h6-7,9-16,23H,3,5,8H2,1-2,4H3,(H,30,32)/b20-6+/t23-/m1/s1. The van der Waals surface area contributed by atoms with Crippen molar-refractivity contribution >= 4 is 33.5 Å². The zero-order chi connectivity index (χ0) is 24.0. The molecule has 1 atom stereocenters. The zero-order valence-electron chi connectivity index (χ0n) is 18.9. The highest BCUT2D eigenvalue weighted by Gasteiger charge is 2.22. The molecule has 5 nitrogen and oxygen atoms in total. The van der Waals surface area contributed by atoms with Crippen molar-refractivity contribution in [3.05, 3.63) is 88.4 Å². The maximum Gasteiger partial charge on any atom is 0.252 e. The molecule has 0 saturated carbocycles. The molecule has 1 heterocycles. The molecule has 0 fully saturated rings. The van der Waals surface area contributed by atoms with E-state index in [1.54, 1.807) is 42.3 Å². The first-order valence-corrected chi connectivity index (χ1v) is 11.5. The lowest BCUT2D eigenvalue weighted by atomic mass is 10.00. The second-order valence-corrected chi connectivity index (χ2v) is 8.30. The fraction of sp³-hybridized carbons (Fsp3) is 0.231. The van der Waals surface area contributed by atoms with Crippen molar-refractivity contribution in [1.82, 2.24) is 15.1 Å². The summed E-state index contributed by atoms with van der Waals surface area (Å²) >= 11 is 3.53. The molecule has 0 spiro atoms. The van der Waals surface area contributed by atoms with Crippen LogP contribution < -0.4 is 10.1 Å².